The summed E-state index contributed by atoms with van der Waals surface area (Å²) in [5.41, 5.74) is 3.79. The molecule has 0 aliphatic carbocycles. The van der Waals surface area contributed by atoms with Gasteiger partial charge in [-0.05, 0) is 13.1 Å². The highest BCUT2D eigenvalue weighted by molar-refractivity contribution is 5.60. The minimum Gasteiger partial charge on any atom is -0.313 e. The Balaban J connectivity index is 2.05. The van der Waals surface area contributed by atoms with Crippen molar-refractivity contribution in [3.05, 3.63) is 34.4 Å². The van der Waals surface area contributed by atoms with E-state index >= 15 is 0 Å². The van der Waals surface area contributed by atoms with Crippen molar-refractivity contribution in [3.8, 4) is 0 Å². The zero-order valence-corrected chi connectivity index (χ0v) is 9.80. The molecule has 1 aromatic rings. The molecule has 0 amide bonds. The lowest BCUT2D eigenvalue weighted by atomic mass is 10.3. The highest BCUT2D eigenvalue weighted by Gasteiger charge is 2.17. The van der Waals surface area contributed by atoms with Gasteiger partial charge in [0, 0.05) is 32.2 Å². The van der Waals surface area contributed by atoms with E-state index in [1.165, 1.54) is 6.07 Å². The molecule has 1 N–H and O–H groups in total. The Hall–Kier alpha value is -1.66. The van der Waals surface area contributed by atoms with Crippen molar-refractivity contribution >= 4 is 11.4 Å². The van der Waals surface area contributed by atoms with Gasteiger partial charge in [-0.25, -0.2) is 5.01 Å². The lowest BCUT2D eigenvalue weighted by Gasteiger charge is -2.32. The lowest BCUT2D eigenvalue weighted by molar-refractivity contribution is -0.384. The van der Waals surface area contributed by atoms with E-state index < -0.39 is 0 Å². The molecule has 1 saturated heterocycles. The summed E-state index contributed by atoms with van der Waals surface area (Å²) in [6.45, 7) is 3.66. The van der Waals surface area contributed by atoms with Gasteiger partial charge in [0.1, 0.15) is 5.69 Å². The zero-order chi connectivity index (χ0) is 12.3. The summed E-state index contributed by atoms with van der Waals surface area (Å²) in [5, 5.41) is 12.9. The molecule has 0 radical (unpaired) electrons. The van der Waals surface area contributed by atoms with Crippen molar-refractivity contribution in [2.75, 3.05) is 38.7 Å². The fourth-order valence-corrected chi connectivity index (χ4v) is 1.82. The molecule has 0 saturated carbocycles. The molecule has 0 spiro atoms. The minimum absolute atomic E-state index is 0.117. The van der Waals surface area contributed by atoms with Gasteiger partial charge in [0.2, 0.25) is 0 Å². The van der Waals surface area contributed by atoms with Gasteiger partial charge < -0.3 is 10.3 Å². The third-order valence-corrected chi connectivity index (χ3v) is 2.88. The van der Waals surface area contributed by atoms with Crippen LogP contribution in [0.1, 0.15) is 0 Å². The number of nitro groups is 1. The minimum atomic E-state index is -0.363. The van der Waals surface area contributed by atoms with Gasteiger partial charge >= 0.3 is 0 Å². The molecule has 6 heteroatoms. The summed E-state index contributed by atoms with van der Waals surface area (Å²) >= 11 is 0. The topological polar surface area (TPSA) is 61.6 Å². The van der Waals surface area contributed by atoms with E-state index in [0.29, 0.717) is 5.69 Å². The number of nitrogens with zero attached hydrogens (tertiary/aromatic N) is 3. The third-order valence-electron chi connectivity index (χ3n) is 2.88. The smallest absolute Gasteiger partial charge is 0.293 e. The van der Waals surface area contributed by atoms with Crippen LogP contribution in [0.25, 0.3) is 0 Å². The number of rotatable bonds is 3. The largest absolute Gasteiger partial charge is 0.313 e. The van der Waals surface area contributed by atoms with Gasteiger partial charge in [-0.2, -0.15) is 0 Å². The van der Waals surface area contributed by atoms with Crippen LogP contribution in [0.4, 0.5) is 11.4 Å². The molecule has 1 aliphatic rings. The summed E-state index contributed by atoms with van der Waals surface area (Å²) < 4.78 is 0. The molecule has 92 valence electrons. The first-order valence-electron chi connectivity index (χ1n) is 5.60. The standard InChI is InChI=1S/C11H16N4O2/c1-13-6-8-14(9-7-13)12-10-4-2-3-5-11(10)15(16)17/h2-5,12H,6-9H2,1H3. The fourth-order valence-electron chi connectivity index (χ4n) is 1.82. The summed E-state index contributed by atoms with van der Waals surface area (Å²) in [6.07, 6.45) is 0. The molecule has 1 fully saturated rings. The molecule has 2 rings (SSSR count). The Kier molecular flexibility index (Phi) is 3.55. The first-order valence-corrected chi connectivity index (χ1v) is 5.60. The first-order chi connectivity index (χ1) is 8.16. The van der Waals surface area contributed by atoms with Crippen LogP contribution in [0.15, 0.2) is 24.3 Å². The van der Waals surface area contributed by atoms with Gasteiger partial charge in [0.15, 0.2) is 0 Å². The summed E-state index contributed by atoms with van der Waals surface area (Å²) in [7, 11) is 2.07. The van der Waals surface area contributed by atoms with Crippen LogP contribution in [0.3, 0.4) is 0 Å². The normalized spacial score (nSPS) is 17.9. The number of nitrogens with one attached hydrogen (secondary N) is 1. The monoisotopic (exact) mass is 236 g/mol. The lowest BCUT2D eigenvalue weighted by Crippen LogP contribution is -2.47. The van der Waals surface area contributed by atoms with Crippen LogP contribution in [-0.4, -0.2) is 48.1 Å². The van der Waals surface area contributed by atoms with Crippen LogP contribution in [0, 0.1) is 10.1 Å². The van der Waals surface area contributed by atoms with Crippen molar-refractivity contribution in [3.63, 3.8) is 0 Å². The molecular weight excluding hydrogens is 220 g/mol. The first kappa shape index (κ1) is 11.8. The molecule has 1 aliphatic heterocycles. The Labute approximate surface area is 99.9 Å². The number of hydrogen-bond acceptors (Lipinski definition) is 5. The third kappa shape index (κ3) is 2.92. The van der Waals surface area contributed by atoms with E-state index in [1.54, 1.807) is 18.2 Å². The average Bonchev–Trinajstić information content (AvgIpc) is 2.32. The maximum Gasteiger partial charge on any atom is 0.293 e. The molecule has 6 nitrogen and oxygen atoms in total. The molecule has 1 heterocycles. The second kappa shape index (κ2) is 5.11. The van der Waals surface area contributed by atoms with Crippen LogP contribution in [-0.2, 0) is 0 Å². The summed E-state index contributed by atoms with van der Waals surface area (Å²) in [6, 6.07) is 6.72. The highest BCUT2D eigenvalue weighted by Crippen LogP contribution is 2.23. The number of hydrazine groups is 1. The molecule has 17 heavy (non-hydrogen) atoms. The number of para-hydroxylation sites is 2. The van der Waals surface area contributed by atoms with E-state index in [9.17, 15) is 10.1 Å². The van der Waals surface area contributed by atoms with Gasteiger partial charge in [-0.1, -0.05) is 12.1 Å². The molecule has 0 aromatic heterocycles. The van der Waals surface area contributed by atoms with E-state index in [-0.39, 0.29) is 10.6 Å². The van der Waals surface area contributed by atoms with E-state index in [2.05, 4.69) is 17.4 Å². The molecule has 0 unspecified atom stereocenters. The van der Waals surface area contributed by atoms with Gasteiger partial charge in [0.25, 0.3) is 5.69 Å². The SMILES string of the molecule is CN1CCN(Nc2ccccc2[N+](=O)[O-])CC1. The van der Waals surface area contributed by atoms with Crippen molar-refractivity contribution in [1.82, 2.24) is 9.91 Å². The highest BCUT2D eigenvalue weighted by atomic mass is 16.6. The van der Waals surface area contributed by atoms with Crippen molar-refractivity contribution in [2.24, 2.45) is 0 Å². The molecule has 0 bridgehead atoms. The Morgan fingerprint density at radius 2 is 1.88 bits per heavy atom. The number of anilines is 1. The Bertz CT molecular complexity index is 402. The molecule has 0 atom stereocenters. The second-order valence-corrected chi connectivity index (χ2v) is 4.18. The van der Waals surface area contributed by atoms with E-state index in [4.69, 9.17) is 0 Å². The Morgan fingerprint density at radius 3 is 2.53 bits per heavy atom. The fraction of sp³-hybridized carbons (Fsp3) is 0.455. The van der Waals surface area contributed by atoms with E-state index in [0.717, 1.165) is 26.2 Å². The van der Waals surface area contributed by atoms with Gasteiger partial charge in [-0.3, -0.25) is 10.1 Å². The van der Waals surface area contributed by atoms with Crippen LogP contribution in [0.2, 0.25) is 0 Å². The number of nitro benzene ring substituents is 1. The maximum atomic E-state index is 10.9. The molecule has 1 aromatic carbocycles. The van der Waals surface area contributed by atoms with Gasteiger partial charge in [0.05, 0.1) is 4.92 Å². The number of hydrogen-bond donors (Lipinski definition) is 1. The summed E-state index contributed by atoms with van der Waals surface area (Å²) in [4.78, 5) is 12.7. The number of benzene rings is 1. The van der Waals surface area contributed by atoms with E-state index in [1.807, 2.05) is 5.01 Å². The van der Waals surface area contributed by atoms with Crippen LogP contribution >= 0.6 is 0 Å². The second-order valence-electron chi connectivity index (χ2n) is 4.18. The predicted molar refractivity (Wildman–Crippen MR) is 65.8 cm³/mol. The molecular formula is C11H16N4O2. The zero-order valence-electron chi connectivity index (χ0n) is 9.80. The van der Waals surface area contributed by atoms with Crippen molar-refractivity contribution in [2.45, 2.75) is 0 Å². The quantitative estimate of drug-likeness (QED) is 0.630. The van der Waals surface area contributed by atoms with Gasteiger partial charge in [-0.15, -0.1) is 0 Å². The van der Waals surface area contributed by atoms with Crippen LogP contribution < -0.4 is 5.43 Å². The Morgan fingerprint density at radius 1 is 1.24 bits per heavy atom. The number of likely N-dealkylation sites (N-methyl/N-ethyl adjacent to an activating group) is 1. The maximum absolute atomic E-state index is 10.9. The number of piperazine rings is 1. The predicted octanol–water partition coefficient (Wildman–Crippen LogP) is 1.17. The van der Waals surface area contributed by atoms with Crippen molar-refractivity contribution in [1.29, 1.82) is 0 Å². The summed E-state index contributed by atoms with van der Waals surface area (Å²) in [5.74, 6) is 0. The van der Waals surface area contributed by atoms with Crippen molar-refractivity contribution < 1.29 is 4.92 Å². The average molecular weight is 236 g/mol. The van der Waals surface area contributed by atoms with Crippen LogP contribution in [0.5, 0.6) is 0 Å².